The van der Waals surface area contributed by atoms with Gasteiger partial charge in [-0.25, -0.2) is 16.8 Å². The van der Waals surface area contributed by atoms with Crippen LogP contribution in [0.4, 0.5) is 0 Å². The van der Waals surface area contributed by atoms with E-state index in [0.717, 1.165) is 125 Å². The van der Waals surface area contributed by atoms with Crippen molar-refractivity contribution >= 4 is 48.8 Å². The first kappa shape index (κ1) is 79.1. The van der Waals surface area contributed by atoms with E-state index in [9.17, 15) is 21.6 Å². The molecule has 0 aromatic heterocycles. The van der Waals surface area contributed by atoms with Gasteiger partial charge in [-0.15, -0.1) is 23.2 Å². The first-order chi connectivity index (χ1) is 44.0. The van der Waals surface area contributed by atoms with Gasteiger partial charge in [0.05, 0.1) is 112 Å². The van der Waals surface area contributed by atoms with Gasteiger partial charge < -0.3 is 38.3 Å². The third-order valence-electron chi connectivity index (χ3n) is 21.1. The molecule has 1 N–H and O–H groups in total. The van der Waals surface area contributed by atoms with Crippen LogP contribution in [-0.2, 0) is 57.6 Å². The minimum absolute atomic E-state index is 0.00233. The van der Waals surface area contributed by atoms with E-state index in [1.54, 1.807) is 48.5 Å². The molecule has 2 unspecified atom stereocenters. The zero-order valence-electron chi connectivity index (χ0n) is 58.3. The summed E-state index contributed by atoms with van der Waals surface area (Å²) in [6, 6.07) is 17.6. The van der Waals surface area contributed by atoms with E-state index < -0.39 is 25.1 Å². The Morgan fingerprint density at radius 1 is 0.570 bits per heavy atom. The smallest absolute Gasteiger partial charge is 0.311 e. The summed E-state index contributed by atoms with van der Waals surface area (Å²) in [7, 11) is -6.93. The van der Waals surface area contributed by atoms with Crippen molar-refractivity contribution in [3.05, 3.63) is 109 Å². The number of aliphatic hydroxyl groups is 1. The number of hydrogen-bond acceptors (Lipinski definition) is 13. The van der Waals surface area contributed by atoms with Crippen molar-refractivity contribution in [2.24, 2.45) is 52.8 Å². The van der Waals surface area contributed by atoms with Crippen LogP contribution in [-0.4, -0.2) is 131 Å². The highest BCUT2D eigenvalue weighted by Crippen LogP contribution is 2.46. The second-order valence-corrected chi connectivity index (χ2v) is 34.3. The molecule has 0 aliphatic carbocycles. The van der Waals surface area contributed by atoms with Crippen molar-refractivity contribution in [1.82, 2.24) is 0 Å². The maximum absolute atomic E-state index is 13.6. The molecule has 8 rings (SSSR count). The fourth-order valence-corrected chi connectivity index (χ4v) is 18.2. The summed E-state index contributed by atoms with van der Waals surface area (Å²) in [5.74, 6) is 1.64. The minimum Gasteiger partial charge on any atom is -0.465 e. The lowest BCUT2D eigenvalue weighted by molar-refractivity contribution is -0.153. The number of ether oxygens (including phenoxy) is 7. The van der Waals surface area contributed by atoms with Crippen molar-refractivity contribution in [3.8, 4) is 0 Å². The molecule has 0 amide bonds. The average Bonchev–Trinajstić information content (AvgIpc) is 1.70. The lowest BCUT2D eigenvalue weighted by atomic mass is 9.81. The minimum atomic E-state index is -3.48. The average molecular weight is 1370 g/mol. The van der Waals surface area contributed by atoms with Gasteiger partial charge >= 0.3 is 5.97 Å². The Labute approximate surface area is 572 Å². The Morgan fingerprint density at radius 2 is 0.946 bits per heavy atom. The van der Waals surface area contributed by atoms with E-state index in [0.29, 0.717) is 52.9 Å². The number of hydrogen-bond donors (Lipinski definition) is 1. The maximum atomic E-state index is 13.6. The summed E-state index contributed by atoms with van der Waals surface area (Å²) in [5, 5.41) is 9.36. The monoisotopic (exact) mass is 1370 g/mol. The van der Waals surface area contributed by atoms with Crippen LogP contribution in [0.1, 0.15) is 192 Å². The zero-order valence-corrected chi connectivity index (χ0v) is 61.5. The van der Waals surface area contributed by atoms with Crippen molar-refractivity contribution in [1.29, 1.82) is 0 Å². The highest BCUT2D eigenvalue weighted by Gasteiger charge is 2.48. The van der Waals surface area contributed by atoms with Crippen molar-refractivity contribution < 1.29 is 59.9 Å². The van der Waals surface area contributed by atoms with Gasteiger partial charge in [-0.05, 0) is 193 Å². The second kappa shape index (κ2) is 37.3. The molecule has 17 heteroatoms. The summed E-state index contributed by atoms with van der Waals surface area (Å²) in [4.78, 5) is 12.8. The Balaban J connectivity index is 0.000000285. The molecule has 2 aromatic rings. The molecular weight excluding hydrogens is 1260 g/mol. The van der Waals surface area contributed by atoms with E-state index in [1.165, 1.54) is 0 Å². The Morgan fingerprint density at radius 3 is 1.31 bits per heavy atom. The number of sulfone groups is 2. The van der Waals surface area contributed by atoms with Gasteiger partial charge in [0.25, 0.3) is 0 Å². The van der Waals surface area contributed by atoms with Gasteiger partial charge in [-0.1, -0.05) is 131 Å². The van der Waals surface area contributed by atoms with Gasteiger partial charge in [0.2, 0.25) is 0 Å². The third-order valence-corrected chi connectivity index (χ3v) is 24.7. The van der Waals surface area contributed by atoms with Crippen LogP contribution in [0.15, 0.2) is 119 Å². The fourth-order valence-electron chi connectivity index (χ4n) is 14.6. The predicted molar refractivity (Wildman–Crippen MR) is 376 cm³/mol. The van der Waals surface area contributed by atoms with Crippen molar-refractivity contribution in [2.45, 2.75) is 275 Å². The zero-order chi connectivity index (χ0) is 68.4. The van der Waals surface area contributed by atoms with Gasteiger partial charge in [0, 0.05) is 31.3 Å². The Bertz CT molecular complexity index is 2880. The number of carbonyl (C=O) groups excluding carboxylic acids is 1. The Kier molecular flexibility index (Phi) is 31.7. The fraction of sp³-hybridized carbons (Fsp3) is 0.724. The van der Waals surface area contributed by atoms with Gasteiger partial charge in [0.15, 0.2) is 19.7 Å². The summed E-state index contributed by atoms with van der Waals surface area (Å²) < 4.78 is 99.2. The molecular formula is C76H118Cl2O13S2. The lowest BCUT2D eigenvalue weighted by Crippen LogP contribution is -2.38. The molecule has 0 saturated carbocycles. The van der Waals surface area contributed by atoms with Gasteiger partial charge in [0.1, 0.15) is 0 Å². The van der Waals surface area contributed by atoms with Crippen LogP contribution >= 0.6 is 23.2 Å². The number of rotatable bonds is 29. The van der Waals surface area contributed by atoms with E-state index >= 15 is 0 Å². The highest BCUT2D eigenvalue weighted by molar-refractivity contribution is 7.91. The normalized spacial score (nSPS) is 32.4. The number of esters is 1. The van der Waals surface area contributed by atoms with E-state index in [-0.39, 0.29) is 126 Å². The standard InChI is InChI=1S/C40H62O7S.C35H54O6S.CH2Cl2/c1-10-26(2)21-36-30(6)34(25-48(42,43)33-16-12-11-13-17-33)38(47-36)24-37-29(5)27(3)22-32(46-37)18-19-35-28(4)23-31(45-35)15-14-20-44-39(41)40(7,8)9;1-7-23(2)18-33-27(6)31(22-42(37,38)30-13-9-8-10-14-30)35(41-33)21-34-26(5)24(3)19-29(40-34)15-16-32-25(4)20-28(39-32)12-11-17-36;2-1-3/h11-13,16-17,26-27,30-32,34-38H,4-5,10,14-15,18-25H2,1-3,6-9H3;8-10,13-14,23-24,27-29,31-36H,4-5,7,11-12,15-22H2,1-3,6H3;1H2/t26-,27-,30-,31+,32?,34-,35+,36-,37-,38+;23-,24-,27-,28+,29?,31-,32+,33-,34-,35+;/m11./s1. The molecule has 13 nitrogen and oxygen atoms in total. The van der Waals surface area contributed by atoms with Crippen LogP contribution < -0.4 is 0 Å². The number of halogens is 2. The van der Waals surface area contributed by atoms with Crippen LogP contribution in [0, 0.1) is 52.8 Å². The molecule has 0 radical (unpaired) electrons. The van der Waals surface area contributed by atoms with Crippen molar-refractivity contribution in [3.63, 3.8) is 0 Å². The largest absolute Gasteiger partial charge is 0.465 e. The van der Waals surface area contributed by atoms with Gasteiger partial charge in [-0.3, -0.25) is 4.79 Å². The predicted octanol–water partition coefficient (Wildman–Crippen LogP) is 16.9. The molecule has 6 aliphatic rings. The summed E-state index contributed by atoms with van der Waals surface area (Å²) in [6.07, 6.45) is 15.2. The van der Waals surface area contributed by atoms with Gasteiger partial charge in [-0.2, -0.15) is 0 Å². The van der Waals surface area contributed by atoms with Crippen LogP contribution in [0.3, 0.4) is 0 Å². The molecule has 6 fully saturated rings. The molecule has 93 heavy (non-hydrogen) atoms. The summed E-state index contributed by atoms with van der Waals surface area (Å²) >= 11 is 9.53. The van der Waals surface area contributed by atoms with E-state index in [4.69, 9.17) is 61.5 Å². The molecule has 6 heterocycles. The third kappa shape index (κ3) is 23.3. The molecule has 0 spiro atoms. The van der Waals surface area contributed by atoms with Crippen LogP contribution in [0.5, 0.6) is 0 Å². The number of alkyl halides is 2. The van der Waals surface area contributed by atoms with E-state index in [2.05, 4.69) is 81.7 Å². The first-order valence-corrected chi connectivity index (χ1v) is 39.5. The number of aliphatic hydroxyl groups excluding tert-OH is 1. The topological polar surface area (TPSA) is 170 Å². The molecule has 2 aromatic carbocycles. The maximum Gasteiger partial charge on any atom is 0.311 e. The SMILES string of the molecule is C=C1C[C@H](CCCO)O[C@H]1CCC1C[C@@H](C)C(=C)[C@@H](C[C@@H]2O[C@H](C[C@H](C)CC)[C@H](C)[C@H]2CS(=O)(=O)c2ccccc2)O1.C=C1C[C@H](CCCOC(=O)C(C)(C)C)O[C@H]1CCC1C[C@@H](C)C(=C)[C@@H](C[C@@H]2O[C@H](C[C@H](C)CC)[C@H](C)[C@H]2CS(=O)(=O)c2ccccc2)O1.ClCCl. The molecule has 526 valence electrons. The molecule has 20 atom stereocenters. The highest BCUT2D eigenvalue weighted by atomic mass is 35.5. The number of carbonyl (C=O) groups is 1. The Hall–Kier alpha value is -2.93. The summed E-state index contributed by atoms with van der Waals surface area (Å²) in [6.45, 7) is 41.3. The number of benzene rings is 2. The lowest BCUT2D eigenvalue weighted by Gasteiger charge is -2.38. The molecule has 0 bridgehead atoms. The molecule has 6 saturated heterocycles. The first-order valence-electron chi connectivity index (χ1n) is 35.1. The quantitative estimate of drug-likeness (QED) is 0.0354. The molecule has 6 aliphatic heterocycles. The summed E-state index contributed by atoms with van der Waals surface area (Å²) in [5.41, 5.74) is 3.94. The van der Waals surface area contributed by atoms with E-state index in [1.807, 2.05) is 32.9 Å². The second-order valence-electron chi connectivity index (χ2n) is 29.4. The van der Waals surface area contributed by atoms with Crippen LogP contribution in [0.2, 0.25) is 0 Å². The van der Waals surface area contributed by atoms with Crippen LogP contribution in [0.25, 0.3) is 0 Å². The van der Waals surface area contributed by atoms with Crippen molar-refractivity contribution in [2.75, 3.05) is 30.1 Å².